The fraction of sp³-hybridized carbons (Fsp3) is 0.0909. The van der Waals surface area contributed by atoms with Gasteiger partial charge in [0.1, 0.15) is 0 Å². The van der Waals surface area contributed by atoms with Crippen molar-refractivity contribution in [2.75, 3.05) is 9.80 Å². The zero-order valence-corrected chi connectivity index (χ0v) is 34.4. The molecule has 9 aromatic rings. The number of aryl methyl sites for hydroxylation is 1. The van der Waals surface area contributed by atoms with Crippen LogP contribution in [0.25, 0.3) is 32.7 Å². The molecule has 1 spiro atoms. The van der Waals surface area contributed by atoms with E-state index in [-0.39, 0.29) is 0 Å². The number of hydrogen-bond acceptors (Lipinski definition) is 2. The summed E-state index contributed by atoms with van der Waals surface area (Å²) in [6, 6.07) is 73.0. The highest BCUT2D eigenvalue weighted by Crippen LogP contribution is 2.66. The lowest BCUT2D eigenvalue weighted by Crippen LogP contribution is -2.37. The Morgan fingerprint density at radius 2 is 0.983 bits per heavy atom. The summed E-state index contributed by atoms with van der Waals surface area (Å²) in [5.74, 6) is 0. The van der Waals surface area contributed by atoms with Crippen molar-refractivity contribution < 1.29 is 0 Å². The van der Waals surface area contributed by atoms with Crippen molar-refractivity contribution in [2.45, 2.75) is 32.0 Å². The van der Waals surface area contributed by atoms with Gasteiger partial charge in [0.25, 0.3) is 0 Å². The first-order valence-electron chi connectivity index (χ1n) is 20.4. The number of rotatable bonds is 5. The Bertz CT molecular complexity index is 3000. The van der Waals surface area contributed by atoms with Gasteiger partial charge in [0.05, 0.1) is 30.6 Å². The maximum Gasteiger partial charge on any atom is 0.0775 e. The molecule has 0 N–H and O–H groups in total. The van der Waals surface area contributed by atoms with Gasteiger partial charge in [-0.2, -0.15) is 0 Å². The standard InChI is InChI=1S/C55H44N2Si/c1-37-26-29-40(30-27-37)56(41-31-33-42(34-32-41)58(2,3)4)52-36-49-54(45-21-11-10-20-44(45)52)53-43-19-9-8-16-38(43)28-35-48(53)55(49)46-22-12-14-24-50(46)57(39-17-6-5-7-18-39)51-25-15-13-23-47(51)55/h5-36H,1-4H3. The Balaban J connectivity index is 1.30. The van der Waals surface area contributed by atoms with Crippen LogP contribution in [0.4, 0.5) is 34.1 Å². The summed E-state index contributed by atoms with van der Waals surface area (Å²) in [5, 5.41) is 6.49. The SMILES string of the molecule is Cc1ccc(N(c2ccc([Si](C)(C)C)cc2)c2cc3c(c4ccccc24)-c2c(ccc4ccccc24)C32c3ccccc3N(c3ccccc3)c3ccccc32)cc1. The summed E-state index contributed by atoms with van der Waals surface area (Å²) in [5.41, 5.74) is 15.5. The number of fused-ring (bicyclic) bond motifs is 13. The van der Waals surface area contributed by atoms with Gasteiger partial charge in [-0.25, -0.2) is 0 Å². The number of anilines is 6. The molecule has 2 aliphatic rings. The molecule has 0 bridgehead atoms. The van der Waals surface area contributed by atoms with Crippen LogP contribution in [0.1, 0.15) is 27.8 Å². The Labute approximate surface area is 342 Å². The van der Waals surface area contributed by atoms with E-state index in [9.17, 15) is 0 Å². The molecule has 0 saturated carbocycles. The van der Waals surface area contributed by atoms with Crippen LogP contribution in [-0.2, 0) is 5.41 Å². The number of hydrogen-bond donors (Lipinski definition) is 0. The zero-order valence-electron chi connectivity index (χ0n) is 33.4. The maximum absolute atomic E-state index is 2.56. The fourth-order valence-corrected chi connectivity index (χ4v) is 11.2. The van der Waals surface area contributed by atoms with E-state index in [1.165, 1.54) is 82.7 Å². The lowest BCUT2D eigenvalue weighted by molar-refractivity contribution is 0.753. The van der Waals surface area contributed by atoms with Gasteiger partial charge in [-0.05, 0) is 111 Å². The molecule has 2 nitrogen and oxygen atoms in total. The normalized spacial score (nSPS) is 13.6. The molecule has 1 heterocycles. The van der Waals surface area contributed by atoms with Gasteiger partial charge >= 0.3 is 0 Å². The summed E-state index contributed by atoms with van der Waals surface area (Å²) >= 11 is 0. The second-order valence-corrected chi connectivity index (χ2v) is 22.1. The molecule has 278 valence electrons. The smallest absolute Gasteiger partial charge is 0.0775 e. The summed E-state index contributed by atoms with van der Waals surface area (Å²) in [7, 11) is -1.52. The highest BCUT2D eigenvalue weighted by atomic mass is 28.3. The molecule has 0 atom stereocenters. The molecule has 0 amide bonds. The molecular formula is C55H44N2Si. The van der Waals surface area contributed by atoms with E-state index in [4.69, 9.17) is 0 Å². The third kappa shape index (κ3) is 4.96. The van der Waals surface area contributed by atoms with Gasteiger partial charge in [-0.15, -0.1) is 0 Å². The summed E-state index contributed by atoms with van der Waals surface area (Å²) in [6.07, 6.45) is 0. The lowest BCUT2D eigenvalue weighted by atomic mass is 9.64. The van der Waals surface area contributed by atoms with E-state index in [0.717, 1.165) is 17.1 Å². The van der Waals surface area contributed by atoms with Gasteiger partial charge in [0.2, 0.25) is 0 Å². The van der Waals surface area contributed by atoms with Crippen LogP contribution < -0.4 is 15.0 Å². The third-order valence-electron chi connectivity index (χ3n) is 12.6. The fourth-order valence-electron chi connectivity index (χ4n) is 10.0. The Hall–Kier alpha value is -6.68. The molecule has 1 aliphatic heterocycles. The average molecular weight is 761 g/mol. The van der Waals surface area contributed by atoms with E-state index in [1.807, 2.05) is 0 Å². The minimum atomic E-state index is -1.52. The molecule has 9 aromatic carbocycles. The van der Waals surface area contributed by atoms with Crippen LogP contribution in [0.3, 0.4) is 0 Å². The molecule has 0 unspecified atom stereocenters. The molecule has 0 fully saturated rings. The minimum absolute atomic E-state index is 0.605. The van der Waals surface area contributed by atoms with Crippen molar-refractivity contribution in [3.8, 4) is 11.1 Å². The van der Waals surface area contributed by atoms with Gasteiger partial charge < -0.3 is 9.80 Å². The predicted octanol–water partition coefficient (Wildman–Crippen LogP) is 14.5. The van der Waals surface area contributed by atoms with E-state index < -0.39 is 13.5 Å². The van der Waals surface area contributed by atoms with Crippen molar-refractivity contribution >= 4 is 68.9 Å². The van der Waals surface area contributed by atoms with E-state index >= 15 is 0 Å². The highest BCUT2D eigenvalue weighted by molar-refractivity contribution is 6.88. The summed E-state index contributed by atoms with van der Waals surface area (Å²) in [4.78, 5) is 4.97. The Kier molecular flexibility index (Phi) is 7.70. The van der Waals surface area contributed by atoms with Crippen LogP contribution in [0.2, 0.25) is 19.6 Å². The van der Waals surface area contributed by atoms with Crippen LogP contribution in [0.5, 0.6) is 0 Å². The molecule has 0 radical (unpaired) electrons. The van der Waals surface area contributed by atoms with E-state index in [2.05, 4.69) is 230 Å². The van der Waals surface area contributed by atoms with Crippen LogP contribution in [0.15, 0.2) is 194 Å². The topological polar surface area (TPSA) is 6.48 Å². The van der Waals surface area contributed by atoms with Crippen molar-refractivity contribution in [3.05, 3.63) is 222 Å². The minimum Gasteiger partial charge on any atom is -0.310 e. The average Bonchev–Trinajstić information content (AvgIpc) is 3.56. The predicted molar refractivity (Wildman–Crippen MR) is 249 cm³/mol. The molecule has 11 rings (SSSR count). The largest absolute Gasteiger partial charge is 0.310 e. The summed E-state index contributed by atoms with van der Waals surface area (Å²) in [6.45, 7) is 9.44. The first-order chi connectivity index (χ1) is 28.3. The summed E-state index contributed by atoms with van der Waals surface area (Å²) < 4.78 is 0. The monoisotopic (exact) mass is 760 g/mol. The zero-order chi connectivity index (χ0) is 39.2. The number of nitrogens with zero attached hydrogens (tertiary/aromatic N) is 2. The van der Waals surface area contributed by atoms with Crippen molar-refractivity contribution in [3.63, 3.8) is 0 Å². The lowest BCUT2D eigenvalue weighted by Gasteiger charge is -2.45. The van der Waals surface area contributed by atoms with Gasteiger partial charge in [0, 0.05) is 22.4 Å². The molecule has 1 aliphatic carbocycles. The first kappa shape index (κ1) is 34.6. The second-order valence-electron chi connectivity index (χ2n) is 17.0. The van der Waals surface area contributed by atoms with Gasteiger partial charge in [0.15, 0.2) is 0 Å². The maximum atomic E-state index is 2.56. The van der Waals surface area contributed by atoms with Gasteiger partial charge in [-0.1, -0.05) is 170 Å². The second kappa shape index (κ2) is 12.9. The van der Waals surface area contributed by atoms with Crippen LogP contribution in [-0.4, -0.2) is 8.07 Å². The third-order valence-corrected chi connectivity index (χ3v) is 14.7. The number of para-hydroxylation sites is 3. The Morgan fingerprint density at radius 3 is 1.64 bits per heavy atom. The van der Waals surface area contributed by atoms with Crippen LogP contribution >= 0.6 is 0 Å². The number of benzene rings is 9. The molecule has 3 heteroatoms. The van der Waals surface area contributed by atoms with Crippen LogP contribution in [0, 0.1) is 6.92 Å². The molecular weight excluding hydrogens is 717 g/mol. The van der Waals surface area contributed by atoms with E-state index in [1.54, 1.807) is 0 Å². The highest BCUT2D eigenvalue weighted by Gasteiger charge is 2.53. The van der Waals surface area contributed by atoms with Crippen molar-refractivity contribution in [1.29, 1.82) is 0 Å². The van der Waals surface area contributed by atoms with Crippen molar-refractivity contribution in [2.24, 2.45) is 0 Å². The molecule has 58 heavy (non-hydrogen) atoms. The van der Waals surface area contributed by atoms with E-state index in [0.29, 0.717) is 0 Å². The quantitative estimate of drug-likeness (QED) is 0.161. The van der Waals surface area contributed by atoms with Gasteiger partial charge in [-0.3, -0.25) is 0 Å². The molecule has 0 saturated heterocycles. The Morgan fingerprint density at radius 1 is 0.448 bits per heavy atom. The van der Waals surface area contributed by atoms with Crippen molar-refractivity contribution in [1.82, 2.24) is 0 Å². The first-order valence-corrected chi connectivity index (χ1v) is 23.9. The molecule has 0 aromatic heterocycles.